The van der Waals surface area contributed by atoms with Gasteiger partial charge in [-0.25, -0.2) is 4.79 Å². The predicted molar refractivity (Wildman–Crippen MR) is 75.9 cm³/mol. The van der Waals surface area contributed by atoms with Crippen molar-refractivity contribution in [3.05, 3.63) is 21.9 Å². The zero-order valence-electron chi connectivity index (χ0n) is 10.7. The van der Waals surface area contributed by atoms with Crippen LogP contribution in [0.15, 0.2) is 11.4 Å². The van der Waals surface area contributed by atoms with Gasteiger partial charge in [-0.05, 0) is 18.9 Å². The highest BCUT2D eigenvalue weighted by Crippen LogP contribution is 2.17. The molecule has 1 saturated carbocycles. The van der Waals surface area contributed by atoms with Crippen LogP contribution >= 0.6 is 11.3 Å². The molecule has 1 aliphatic carbocycles. The van der Waals surface area contributed by atoms with E-state index in [1.807, 2.05) is 11.4 Å². The first-order valence-corrected chi connectivity index (χ1v) is 7.37. The molecule has 3 N–H and O–H groups in total. The second-order valence-corrected chi connectivity index (χ2v) is 5.57. The van der Waals surface area contributed by atoms with E-state index in [1.54, 1.807) is 11.3 Å². The molecule has 5 heteroatoms. The highest BCUT2D eigenvalue weighted by molar-refractivity contribution is 7.10. The molecule has 2 amide bonds. The fraction of sp³-hybridized carbons (Fsp3) is 0.500. The molecule has 1 fully saturated rings. The lowest BCUT2D eigenvalue weighted by atomic mass is 10.2. The minimum absolute atomic E-state index is 0.0942. The van der Waals surface area contributed by atoms with Crippen LogP contribution in [0, 0.1) is 11.8 Å². The molecular formula is C14H18N2O2S. The molecule has 102 valence electrons. The van der Waals surface area contributed by atoms with Crippen LogP contribution in [0.1, 0.15) is 36.1 Å². The van der Waals surface area contributed by atoms with Gasteiger partial charge < -0.3 is 15.7 Å². The van der Waals surface area contributed by atoms with Crippen LogP contribution in [0.25, 0.3) is 0 Å². The number of carbonyl (C=O) groups excluding carboxylic acids is 1. The van der Waals surface area contributed by atoms with Crippen molar-refractivity contribution in [1.29, 1.82) is 0 Å². The number of rotatable bonds is 3. The molecule has 0 atom stereocenters. The monoisotopic (exact) mass is 278 g/mol. The van der Waals surface area contributed by atoms with E-state index in [9.17, 15) is 4.79 Å². The molecule has 19 heavy (non-hydrogen) atoms. The highest BCUT2D eigenvalue weighted by Gasteiger charge is 2.16. The van der Waals surface area contributed by atoms with Crippen molar-refractivity contribution in [2.24, 2.45) is 0 Å². The lowest BCUT2D eigenvalue weighted by Crippen LogP contribution is -2.40. The first kappa shape index (κ1) is 13.9. The largest absolute Gasteiger partial charge is 0.384 e. The van der Waals surface area contributed by atoms with Gasteiger partial charge in [0.25, 0.3) is 0 Å². The molecule has 2 rings (SSSR count). The van der Waals surface area contributed by atoms with Crippen LogP contribution in [0.5, 0.6) is 0 Å². The Labute approximate surface area is 117 Å². The van der Waals surface area contributed by atoms with Crippen molar-refractivity contribution < 1.29 is 9.90 Å². The Morgan fingerprint density at radius 1 is 1.47 bits per heavy atom. The Morgan fingerprint density at radius 3 is 3.00 bits per heavy atom. The minimum atomic E-state index is -0.132. The van der Waals surface area contributed by atoms with Crippen LogP contribution in [0.3, 0.4) is 0 Å². The number of urea groups is 1. The van der Waals surface area contributed by atoms with E-state index in [1.165, 1.54) is 12.8 Å². The minimum Gasteiger partial charge on any atom is -0.384 e. The third-order valence-corrected chi connectivity index (χ3v) is 4.02. The summed E-state index contributed by atoms with van der Waals surface area (Å²) in [5.41, 5.74) is 0.882. The maximum absolute atomic E-state index is 11.7. The van der Waals surface area contributed by atoms with E-state index >= 15 is 0 Å². The predicted octanol–water partition coefficient (Wildman–Crippen LogP) is 1.83. The summed E-state index contributed by atoms with van der Waals surface area (Å²) in [6.07, 6.45) is 4.60. The molecule has 0 aliphatic heterocycles. The van der Waals surface area contributed by atoms with Crippen molar-refractivity contribution in [3.8, 4) is 11.8 Å². The molecule has 1 aromatic heterocycles. The molecule has 0 unspecified atom stereocenters. The number of amides is 2. The van der Waals surface area contributed by atoms with Crippen LogP contribution in [-0.2, 0) is 6.54 Å². The number of hydrogen-bond donors (Lipinski definition) is 3. The molecular weight excluding hydrogens is 260 g/mol. The summed E-state index contributed by atoms with van der Waals surface area (Å²) in [7, 11) is 0. The van der Waals surface area contributed by atoms with E-state index in [4.69, 9.17) is 5.11 Å². The molecule has 0 aromatic carbocycles. The average Bonchev–Trinajstić information content (AvgIpc) is 3.05. The van der Waals surface area contributed by atoms with Gasteiger partial charge in [0.15, 0.2) is 0 Å². The number of carbonyl (C=O) groups is 1. The van der Waals surface area contributed by atoms with E-state index < -0.39 is 0 Å². The standard InChI is InChI=1S/C14H18N2O2S/c17-7-3-4-11-8-13(19-10-11)9-15-14(18)16-12-5-1-2-6-12/h8,10,12,17H,1-2,5-7,9H2,(H2,15,16,18). The first-order chi connectivity index (χ1) is 9.28. The summed E-state index contributed by atoms with van der Waals surface area (Å²) in [6, 6.07) is 2.18. The maximum atomic E-state index is 11.7. The van der Waals surface area contributed by atoms with Gasteiger partial charge in [0.2, 0.25) is 0 Å². The second kappa shape index (κ2) is 7.17. The molecule has 0 saturated heterocycles. The summed E-state index contributed by atoms with van der Waals surface area (Å²) < 4.78 is 0. The number of nitrogens with one attached hydrogen (secondary N) is 2. The molecule has 1 heterocycles. The van der Waals surface area contributed by atoms with Crippen LogP contribution in [-0.4, -0.2) is 23.8 Å². The lowest BCUT2D eigenvalue weighted by molar-refractivity contribution is 0.237. The Balaban J connectivity index is 1.75. The van der Waals surface area contributed by atoms with Gasteiger partial charge in [0, 0.05) is 21.9 Å². The zero-order chi connectivity index (χ0) is 13.5. The van der Waals surface area contributed by atoms with Gasteiger partial charge in [-0.15, -0.1) is 11.3 Å². The molecule has 0 bridgehead atoms. The van der Waals surface area contributed by atoms with Gasteiger partial charge >= 0.3 is 6.03 Å². The maximum Gasteiger partial charge on any atom is 0.315 e. The second-order valence-electron chi connectivity index (χ2n) is 4.57. The van der Waals surface area contributed by atoms with Gasteiger partial charge in [-0.2, -0.15) is 0 Å². The normalized spacial score (nSPS) is 14.8. The van der Waals surface area contributed by atoms with Crippen molar-refractivity contribution in [2.75, 3.05) is 6.61 Å². The van der Waals surface area contributed by atoms with Gasteiger partial charge in [-0.1, -0.05) is 24.7 Å². The summed E-state index contributed by atoms with van der Waals surface area (Å²) in [5, 5.41) is 16.4. The van der Waals surface area contributed by atoms with Crippen molar-refractivity contribution in [1.82, 2.24) is 10.6 Å². The summed E-state index contributed by atoms with van der Waals surface area (Å²) in [5.74, 6) is 5.45. The number of hydrogen-bond acceptors (Lipinski definition) is 3. The van der Waals surface area contributed by atoms with Gasteiger partial charge in [0.05, 0.1) is 6.54 Å². The van der Waals surface area contributed by atoms with Crippen molar-refractivity contribution in [3.63, 3.8) is 0 Å². The quantitative estimate of drug-likeness (QED) is 0.739. The zero-order valence-corrected chi connectivity index (χ0v) is 11.6. The highest BCUT2D eigenvalue weighted by atomic mass is 32.1. The van der Waals surface area contributed by atoms with Crippen LogP contribution in [0.4, 0.5) is 4.79 Å². The van der Waals surface area contributed by atoms with Gasteiger partial charge in [-0.3, -0.25) is 0 Å². The SMILES string of the molecule is O=C(NCc1cc(C#CCO)cs1)NC1CCCC1. The number of thiophene rings is 1. The fourth-order valence-electron chi connectivity index (χ4n) is 2.15. The average molecular weight is 278 g/mol. The third-order valence-electron chi connectivity index (χ3n) is 3.08. The van der Waals surface area contributed by atoms with Gasteiger partial charge in [0.1, 0.15) is 6.61 Å². The number of aliphatic hydroxyl groups is 1. The summed E-state index contributed by atoms with van der Waals surface area (Å²) in [6.45, 7) is 0.386. The Hall–Kier alpha value is -1.51. The Kier molecular flexibility index (Phi) is 5.25. The Bertz CT molecular complexity index is 481. The van der Waals surface area contributed by atoms with Crippen LogP contribution < -0.4 is 10.6 Å². The molecule has 4 nitrogen and oxygen atoms in total. The summed E-state index contributed by atoms with van der Waals surface area (Å²) in [4.78, 5) is 12.7. The smallest absolute Gasteiger partial charge is 0.315 e. The van der Waals surface area contributed by atoms with E-state index in [0.29, 0.717) is 12.6 Å². The third kappa shape index (κ3) is 4.58. The number of aliphatic hydroxyl groups excluding tert-OH is 1. The molecule has 1 aliphatic rings. The van der Waals surface area contributed by atoms with E-state index in [2.05, 4.69) is 22.5 Å². The van der Waals surface area contributed by atoms with E-state index in [0.717, 1.165) is 23.3 Å². The lowest BCUT2D eigenvalue weighted by Gasteiger charge is -2.12. The Morgan fingerprint density at radius 2 is 2.26 bits per heavy atom. The van der Waals surface area contributed by atoms with Crippen molar-refractivity contribution >= 4 is 17.4 Å². The van der Waals surface area contributed by atoms with Crippen molar-refractivity contribution in [2.45, 2.75) is 38.3 Å². The molecule has 1 aromatic rings. The van der Waals surface area contributed by atoms with E-state index in [-0.39, 0.29) is 12.6 Å². The fourth-order valence-corrected chi connectivity index (χ4v) is 2.91. The molecule has 0 radical (unpaired) electrons. The first-order valence-electron chi connectivity index (χ1n) is 6.49. The summed E-state index contributed by atoms with van der Waals surface area (Å²) >= 11 is 1.56. The van der Waals surface area contributed by atoms with Crippen LogP contribution in [0.2, 0.25) is 0 Å². The topological polar surface area (TPSA) is 61.4 Å². The molecule has 0 spiro atoms.